The van der Waals surface area contributed by atoms with E-state index in [2.05, 4.69) is 44.5 Å². The molecule has 0 amide bonds. The number of aromatic amines is 1. The van der Waals surface area contributed by atoms with Crippen molar-refractivity contribution in [3.63, 3.8) is 0 Å². The molecule has 2 aromatic rings. The van der Waals surface area contributed by atoms with Crippen molar-refractivity contribution in [3.05, 3.63) is 29.5 Å². The molecule has 3 aliphatic rings. The molecule has 2 fully saturated rings. The van der Waals surface area contributed by atoms with Crippen LogP contribution in [0.3, 0.4) is 0 Å². The Kier molecular flexibility index (Phi) is 8.64. The minimum atomic E-state index is -1.46. The summed E-state index contributed by atoms with van der Waals surface area (Å²) in [7, 11) is 0. The van der Waals surface area contributed by atoms with Gasteiger partial charge in [0.15, 0.2) is 0 Å². The van der Waals surface area contributed by atoms with Gasteiger partial charge in [-0.3, -0.25) is 4.90 Å². The number of aliphatic hydroxyl groups excluding tert-OH is 4. The number of nitrogens with zero attached hydrogens (tertiary/aromatic N) is 1. The molecule has 8 nitrogen and oxygen atoms in total. The summed E-state index contributed by atoms with van der Waals surface area (Å²) in [5, 5.41) is 40.9. The summed E-state index contributed by atoms with van der Waals surface area (Å²) < 4.78 is 11.4. The van der Waals surface area contributed by atoms with Crippen LogP contribution in [0.4, 0.5) is 0 Å². The van der Waals surface area contributed by atoms with Gasteiger partial charge in [-0.15, -0.1) is 0 Å². The van der Waals surface area contributed by atoms with E-state index < -0.39 is 37.3 Å². The summed E-state index contributed by atoms with van der Waals surface area (Å²) in [6, 6.07) is 6.25. The first-order valence-corrected chi connectivity index (χ1v) is 13.6. The molecule has 202 valence electrons. The van der Waals surface area contributed by atoms with E-state index in [-0.39, 0.29) is 0 Å². The smallest absolute Gasteiger partial charge is 0.229 e. The highest BCUT2D eigenvalue weighted by atomic mass is 16.7. The van der Waals surface area contributed by atoms with Crippen LogP contribution >= 0.6 is 0 Å². The van der Waals surface area contributed by atoms with Gasteiger partial charge in [0.25, 0.3) is 0 Å². The van der Waals surface area contributed by atoms with E-state index in [9.17, 15) is 20.4 Å². The summed E-state index contributed by atoms with van der Waals surface area (Å²) in [4.78, 5) is 6.33. The first-order valence-electron chi connectivity index (χ1n) is 13.6. The molecular formula is C28H44N2O6. The van der Waals surface area contributed by atoms with Crippen LogP contribution < -0.4 is 4.74 Å². The highest BCUT2D eigenvalue weighted by Gasteiger charge is 2.45. The monoisotopic (exact) mass is 504 g/mol. The number of aromatic nitrogens is 1. The standard InChI is InChI=1S/C25H36N2O6.C3H8/c1-12(2)14-8-17-13(3)27(10-14)7-6-16-18-9-15(4-5-19(18)26-21(16)17)32-25-24(31)23(30)22(29)20(11-28)33-25;1-3-2/h4-5,9,12-14,17,20,22-26,28-31H,6-8,10-11H2,1-3H3;3H2,1-2H3/t13?,14?,17?,20?,22-,23?,24?,25+;/m1./s1. The molecule has 0 saturated carbocycles. The normalized spacial score (nSPS) is 36.1. The molecule has 0 radical (unpaired) electrons. The lowest BCUT2D eigenvalue weighted by Crippen LogP contribution is -2.60. The maximum absolute atomic E-state index is 10.3. The second kappa shape index (κ2) is 11.4. The molecule has 8 heteroatoms. The first-order chi connectivity index (χ1) is 17.2. The molecular weight excluding hydrogens is 460 g/mol. The van der Waals surface area contributed by atoms with E-state index in [1.54, 1.807) is 0 Å². The van der Waals surface area contributed by atoms with Crippen molar-refractivity contribution in [2.24, 2.45) is 11.8 Å². The number of fused-ring (bicyclic) bond motifs is 6. The molecule has 5 N–H and O–H groups in total. The van der Waals surface area contributed by atoms with Crippen LogP contribution in [-0.2, 0) is 11.2 Å². The Morgan fingerprint density at radius 3 is 2.53 bits per heavy atom. The summed E-state index contributed by atoms with van der Waals surface area (Å²) in [6.45, 7) is 12.9. The maximum Gasteiger partial charge on any atom is 0.229 e. The van der Waals surface area contributed by atoms with Gasteiger partial charge < -0.3 is 34.9 Å². The number of piperidine rings is 1. The SMILES string of the molecule is CC(C)C1CC2c3[nH]c4ccc(O[C@H]5OC(CO)[C@@H](O)C(O)C5O)cc4c3CCN(C1)C2C.CCC. The van der Waals surface area contributed by atoms with Crippen molar-refractivity contribution in [1.29, 1.82) is 0 Å². The predicted molar refractivity (Wildman–Crippen MR) is 139 cm³/mol. The molecule has 2 bridgehead atoms. The molecule has 7 unspecified atom stereocenters. The van der Waals surface area contributed by atoms with Gasteiger partial charge in [-0.2, -0.15) is 0 Å². The zero-order valence-corrected chi connectivity index (χ0v) is 22.2. The third kappa shape index (κ3) is 5.17. The quantitative estimate of drug-likeness (QED) is 0.435. The lowest BCUT2D eigenvalue weighted by Gasteiger charge is -2.43. The van der Waals surface area contributed by atoms with E-state index in [0.29, 0.717) is 29.5 Å². The Balaban J connectivity index is 0.000000967. The van der Waals surface area contributed by atoms with Crippen LogP contribution in [0.5, 0.6) is 5.75 Å². The minimum Gasteiger partial charge on any atom is -0.462 e. The van der Waals surface area contributed by atoms with E-state index in [4.69, 9.17) is 9.47 Å². The van der Waals surface area contributed by atoms with Crippen LogP contribution in [0, 0.1) is 11.8 Å². The van der Waals surface area contributed by atoms with Gasteiger partial charge in [0.05, 0.1) is 6.61 Å². The van der Waals surface area contributed by atoms with Gasteiger partial charge >= 0.3 is 0 Å². The van der Waals surface area contributed by atoms with Gasteiger partial charge in [0.1, 0.15) is 30.2 Å². The first kappa shape index (κ1) is 27.4. The van der Waals surface area contributed by atoms with E-state index >= 15 is 0 Å². The van der Waals surface area contributed by atoms with E-state index in [0.717, 1.165) is 30.4 Å². The van der Waals surface area contributed by atoms with Crippen LogP contribution in [-0.4, -0.2) is 86.8 Å². The van der Waals surface area contributed by atoms with Crippen LogP contribution in [0.1, 0.15) is 64.6 Å². The van der Waals surface area contributed by atoms with E-state index in [1.165, 1.54) is 24.1 Å². The van der Waals surface area contributed by atoms with Gasteiger partial charge in [-0.25, -0.2) is 0 Å². The number of benzene rings is 1. The molecule has 2 saturated heterocycles. The number of hydrogen-bond acceptors (Lipinski definition) is 7. The highest BCUT2D eigenvalue weighted by Crippen LogP contribution is 2.43. The molecule has 4 heterocycles. The average molecular weight is 505 g/mol. The fourth-order valence-electron chi connectivity index (χ4n) is 5.92. The van der Waals surface area contributed by atoms with Gasteiger partial charge in [0, 0.05) is 41.6 Å². The molecule has 1 aromatic heterocycles. The second-order valence-corrected chi connectivity index (χ2v) is 11.1. The third-order valence-corrected chi connectivity index (χ3v) is 8.16. The molecule has 5 rings (SSSR count). The van der Waals surface area contributed by atoms with Crippen LogP contribution in [0.25, 0.3) is 10.9 Å². The maximum atomic E-state index is 10.3. The highest BCUT2D eigenvalue weighted by molar-refractivity contribution is 5.86. The molecule has 3 aliphatic heterocycles. The Morgan fingerprint density at radius 1 is 1.14 bits per heavy atom. The topological polar surface area (TPSA) is 118 Å². The fraction of sp³-hybridized carbons (Fsp3) is 0.714. The van der Waals surface area contributed by atoms with E-state index in [1.807, 2.05) is 18.2 Å². The van der Waals surface area contributed by atoms with Crippen molar-refractivity contribution in [2.75, 3.05) is 19.7 Å². The molecule has 36 heavy (non-hydrogen) atoms. The predicted octanol–water partition coefficient (Wildman–Crippen LogP) is 2.77. The summed E-state index contributed by atoms with van der Waals surface area (Å²) in [6.07, 6.45) is -3.08. The molecule has 1 aromatic carbocycles. The zero-order chi connectivity index (χ0) is 26.1. The Labute approximate surface area is 214 Å². The summed E-state index contributed by atoms with van der Waals surface area (Å²) in [5.41, 5.74) is 3.72. The summed E-state index contributed by atoms with van der Waals surface area (Å²) in [5.74, 6) is 2.32. The molecule has 9 atom stereocenters. The third-order valence-electron chi connectivity index (χ3n) is 8.16. The average Bonchev–Trinajstić information content (AvgIpc) is 3.19. The van der Waals surface area contributed by atoms with Gasteiger partial charge in [0.2, 0.25) is 6.29 Å². The van der Waals surface area contributed by atoms with Crippen molar-refractivity contribution in [3.8, 4) is 5.75 Å². The second-order valence-electron chi connectivity index (χ2n) is 11.1. The number of H-pyrrole nitrogens is 1. The molecule has 0 aliphatic carbocycles. The van der Waals surface area contributed by atoms with Crippen molar-refractivity contribution in [2.45, 2.75) is 96.5 Å². The minimum absolute atomic E-state index is 0.464. The van der Waals surface area contributed by atoms with Gasteiger partial charge in [-0.1, -0.05) is 34.1 Å². The Bertz CT molecular complexity index is 1010. The van der Waals surface area contributed by atoms with Crippen LogP contribution in [0.2, 0.25) is 0 Å². The van der Waals surface area contributed by atoms with Crippen molar-refractivity contribution >= 4 is 10.9 Å². The number of ether oxygens (including phenoxy) is 2. The number of nitrogens with one attached hydrogen (secondary N) is 1. The number of aliphatic hydroxyl groups is 4. The summed E-state index contributed by atoms with van der Waals surface area (Å²) >= 11 is 0. The van der Waals surface area contributed by atoms with Crippen molar-refractivity contribution < 1.29 is 29.9 Å². The Hall–Kier alpha value is -1.68. The largest absolute Gasteiger partial charge is 0.462 e. The lowest BCUT2D eigenvalue weighted by atomic mass is 9.77. The Morgan fingerprint density at radius 2 is 1.86 bits per heavy atom. The molecule has 0 spiro atoms. The van der Waals surface area contributed by atoms with Gasteiger partial charge in [-0.05, 0) is 55.4 Å². The number of hydrogen-bond donors (Lipinski definition) is 5. The van der Waals surface area contributed by atoms with Crippen molar-refractivity contribution in [1.82, 2.24) is 9.88 Å². The zero-order valence-electron chi connectivity index (χ0n) is 22.2. The van der Waals surface area contributed by atoms with Crippen LogP contribution in [0.15, 0.2) is 18.2 Å². The fourth-order valence-corrected chi connectivity index (χ4v) is 5.92. The number of rotatable bonds is 4. The lowest BCUT2D eigenvalue weighted by molar-refractivity contribution is -0.277.